The van der Waals surface area contributed by atoms with Crippen LogP contribution in [0.5, 0.6) is 0 Å². The molecule has 1 N–H and O–H groups in total. The van der Waals surface area contributed by atoms with Crippen molar-refractivity contribution in [1.82, 2.24) is 10.5 Å². The van der Waals surface area contributed by atoms with Crippen LogP contribution >= 0.6 is 0 Å². The second-order valence-electron chi connectivity index (χ2n) is 2.56. The van der Waals surface area contributed by atoms with Crippen LogP contribution in [0.15, 0.2) is 10.6 Å². The lowest BCUT2D eigenvalue weighted by Crippen LogP contribution is -2.24. The number of amides is 1. The Bertz CT molecular complexity index is 268. The lowest BCUT2D eigenvalue weighted by molar-refractivity contribution is -0.120. The summed E-state index contributed by atoms with van der Waals surface area (Å²) in [4.78, 5) is 11.0. The molecule has 0 aliphatic heterocycles. The molecule has 0 fully saturated rings. The monoisotopic (exact) mass is 168 g/mol. The van der Waals surface area contributed by atoms with Crippen LogP contribution in [0.4, 0.5) is 0 Å². The normalized spacial score (nSPS) is 9.83. The molecule has 1 heterocycles. The minimum Gasteiger partial charge on any atom is -0.361 e. The first-order valence-corrected chi connectivity index (χ1v) is 3.91. The number of hydrogen-bond acceptors (Lipinski definition) is 3. The van der Waals surface area contributed by atoms with Gasteiger partial charge in [0, 0.05) is 12.6 Å². The first-order valence-electron chi connectivity index (χ1n) is 3.91. The van der Waals surface area contributed by atoms with E-state index in [1.807, 2.05) is 13.8 Å². The highest BCUT2D eigenvalue weighted by atomic mass is 16.5. The maximum absolute atomic E-state index is 11.0. The fraction of sp³-hybridized carbons (Fsp3) is 0.500. The zero-order valence-electron chi connectivity index (χ0n) is 7.26. The summed E-state index contributed by atoms with van der Waals surface area (Å²) >= 11 is 0. The Morgan fingerprint density at radius 2 is 2.50 bits per heavy atom. The van der Waals surface area contributed by atoms with E-state index in [1.165, 1.54) is 0 Å². The molecule has 0 saturated carbocycles. The lowest BCUT2D eigenvalue weighted by atomic mass is 10.3. The van der Waals surface area contributed by atoms with Crippen molar-refractivity contribution in [3.8, 4) is 0 Å². The van der Waals surface area contributed by atoms with E-state index >= 15 is 0 Å². The largest absolute Gasteiger partial charge is 0.361 e. The van der Waals surface area contributed by atoms with Crippen LogP contribution in [-0.4, -0.2) is 17.6 Å². The molecule has 0 spiro atoms. The van der Waals surface area contributed by atoms with Gasteiger partial charge in [-0.15, -0.1) is 0 Å². The van der Waals surface area contributed by atoms with Crippen LogP contribution in [-0.2, 0) is 11.2 Å². The van der Waals surface area contributed by atoms with Crippen molar-refractivity contribution < 1.29 is 9.32 Å². The van der Waals surface area contributed by atoms with Crippen LogP contribution in [0.3, 0.4) is 0 Å². The maximum Gasteiger partial charge on any atom is 0.227 e. The molecular formula is C8H12N2O2. The summed E-state index contributed by atoms with van der Waals surface area (Å²) in [5.41, 5.74) is 0.800. The predicted molar refractivity (Wildman–Crippen MR) is 43.6 cm³/mol. The van der Waals surface area contributed by atoms with Crippen molar-refractivity contribution in [1.29, 1.82) is 0 Å². The van der Waals surface area contributed by atoms with E-state index < -0.39 is 0 Å². The number of rotatable bonds is 3. The highest BCUT2D eigenvalue weighted by molar-refractivity contribution is 5.77. The standard InChI is InChI=1S/C8H12N2O2/c1-3-9-8(11)5-7-4-6(2)10-12-7/h4H,3,5H2,1-2H3,(H,9,11). The number of aromatic nitrogens is 1. The van der Waals surface area contributed by atoms with Gasteiger partial charge in [-0.3, -0.25) is 4.79 Å². The van der Waals surface area contributed by atoms with Gasteiger partial charge in [-0.1, -0.05) is 5.16 Å². The van der Waals surface area contributed by atoms with E-state index in [-0.39, 0.29) is 12.3 Å². The highest BCUT2D eigenvalue weighted by Gasteiger charge is 2.05. The van der Waals surface area contributed by atoms with E-state index in [0.717, 1.165) is 5.69 Å². The molecule has 0 aromatic carbocycles. The SMILES string of the molecule is CCNC(=O)Cc1cc(C)no1. The van der Waals surface area contributed by atoms with Crippen LogP contribution in [0.25, 0.3) is 0 Å². The topological polar surface area (TPSA) is 55.1 Å². The van der Waals surface area contributed by atoms with Gasteiger partial charge in [0.15, 0.2) is 0 Å². The summed E-state index contributed by atoms with van der Waals surface area (Å²) in [6.07, 6.45) is 0.272. The smallest absolute Gasteiger partial charge is 0.227 e. The summed E-state index contributed by atoms with van der Waals surface area (Å²) in [6.45, 7) is 4.35. The molecule has 0 unspecified atom stereocenters. The third-order valence-corrected chi connectivity index (χ3v) is 1.39. The first kappa shape index (κ1) is 8.77. The average molecular weight is 168 g/mol. The molecule has 1 aromatic rings. The van der Waals surface area contributed by atoms with Crippen molar-refractivity contribution in [2.75, 3.05) is 6.54 Å². The molecule has 0 aliphatic rings. The number of carbonyl (C=O) groups is 1. The van der Waals surface area contributed by atoms with Crippen molar-refractivity contribution >= 4 is 5.91 Å². The molecule has 1 aromatic heterocycles. The second-order valence-corrected chi connectivity index (χ2v) is 2.56. The van der Waals surface area contributed by atoms with Crippen LogP contribution < -0.4 is 5.32 Å². The van der Waals surface area contributed by atoms with E-state index in [1.54, 1.807) is 6.07 Å². The molecule has 0 aliphatic carbocycles. The number of nitrogens with zero attached hydrogens (tertiary/aromatic N) is 1. The average Bonchev–Trinajstić information content (AvgIpc) is 2.36. The van der Waals surface area contributed by atoms with Gasteiger partial charge >= 0.3 is 0 Å². The van der Waals surface area contributed by atoms with Crippen molar-refractivity contribution in [3.63, 3.8) is 0 Å². The lowest BCUT2D eigenvalue weighted by Gasteiger charge is -1.96. The van der Waals surface area contributed by atoms with E-state index in [9.17, 15) is 4.79 Å². The first-order chi connectivity index (χ1) is 5.72. The fourth-order valence-electron chi connectivity index (χ4n) is 0.918. The number of likely N-dealkylation sites (N-methyl/N-ethyl adjacent to an activating group) is 1. The van der Waals surface area contributed by atoms with Gasteiger partial charge in [0.25, 0.3) is 0 Å². The Kier molecular flexibility index (Phi) is 2.85. The third kappa shape index (κ3) is 2.38. The van der Waals surface area contributed by atoms with Gasteiger partial charge in [-0.05, 0) is 13.8 Å². The van der Waals surface area contributed by atoms with Gasteiger partial charge in [0.2, 0.25) is 5.91 Å². The molecule has 66 valence electrons. The van der Waals surface area contributed by atoms with Crippen LogP contribution in [0.1, 0.15) is 18.4 Å². The summed E-state index contributed by atoms with van der Waals surface area (Å²) < 4.78 is 4.87. The number of carbonyl (C=O) groups excluding carboxylic acids is 1. The molecule has 1 rings (SSSR count). The Labute approximate surface area is 70.9 Å². The molecular weight excluding hydrogens is 156 g/mol. The fourth-order valence-corrected chi connectivity index (χ4v) is 0.918. The van der Waals surface area contributed by atoms with Crippen LogP contribution in [0, 0.1) is 6.92 Å². The molecule has 4 heteroatoms. The predicted octanol–water partition coefficient (Wildman–Crippen LogP) is 0.662. The minimum atomic E-state index is -0.0337. The zero-order valence-corrected chi connectivity index (χ0v) is 7.26. The van der Waals surface area contributed by atoms with E-state index in [0.29, 0.717) is 12.3 Å². The Hall–Kier alpha value is -1.32. The molecule has 0 saturated heterocycles. The van der Waals surface area contributed by atoms with Gasteiger partial charge in [-0.2, -0.15) is 0 Å². The number of hydrogen-bond donors (Lipinski definition) is 1. The number of nitrogens with one attached hydrogen (secondary N) is 1. The third-order valence-electron chi connectivity index (χ3n) is 1.39. The van der Waals surface area contributed by atoms with Crippen molar-refractivity contribution in [2.24, 2.45) is 0 Å². The van der Waals surface area contributed by atoms with Gasteiger partial charge in [-0.25, -0.2) is 0 Å². The number of aryl methyl sites for hydroxylation is 1. The second kappa shape index (κ2) is 3.90. The zero-order chi connectivity index (χ0) is 8.97. The summed E-state index contributed by atoms with van der Waals surface area (Å²) in [5, 5.41) is 6.35. The Morgan fingerprint density at radius 3 is 3.00 bits per heavy atom. The summed E-state index contributed by atoms with van der Waals surface area (Å²) in [6, 6.07) is 1.76. The molecule has 0 radical (unpaired) electrons. The van der Waals surface area contributed by atoms with E-state index in [2.05, 4.69) is 10.5 Å². The molecule has 0 bridgehead atoms. The van der Waals surface area contributed by atoms with Crippen molar-refractivity contribution in [2.45, 2.75) is 20.3 Å². The van der Waals surface area contributed by atoms with Gasteiger partial charge in [0.1, 0.15) is 5.76 Å². The summed E-state index contributed by atoms with van der Waals surface area (Å²) in [5.74, 6) is 0.576. The van der Waals surface area contributed by atoms with Crippen LogP contribution in [0.2, 0.25) is 0 Å². The van der Waals surface area contributed by atoms with Gasteiger partial charge < -0.3 is 9.84 Å². The quantitative estimate of drug-likeness (QED) is 0.721. The molecule has 12 heavy (non-hydrogen) atoms. The maximum atomic E-state index is 11.0. The summed E-state index contributed by atoms with van der Waals surface area (Å²) in [7, 11) is 0. The molecule has 0 atom stereocenters. The highest BCUT2D eigenvalue weighted by Crippen LogP contribution is 2.02. The van der Waals surface area contributed by atoms with Gasteiger partial charge in [0.05, 0.1) is 12.1 Å². The Balaban J connectivity index is 2.46. The van der Waals surface area contributed by atoms with Crippen molar-refractivity contribution in [3.05, 3.63) is 17.5 Å². The molecule has 1 amide bonds. The molecule has 4 nitrogen and oxygen atoms in total. The minimum absolute atomic E-state index is 0.0337. The Morgan fingerprint density at radius 1 is 1.75 bits per heavy atom. The van der Waals surface area contributed by atoms with E-state index in [4.69, 9.17) is 4.52 Å².